The molecule has 0 spiro atoms. The van der Waals surface area contributed by atoms with Crippen LogP contribution in [0.3, 0.4) is 0 Å². The Kier molecular flexibility index (Phi) is 6.07. The fourth-order valence-electron chi connectivity index (χ4n) is 3.03. The highest BCUT2D eigenvalue weighted by atomic mass is 16.6. The largest absolute Gasteiger partial charge is 0.486 e. The van der Waals surface area contributed by atoms with E-state index in [2.05, 4.69) is 15.6 Å². The van der Waals surface area contributed by atoms with Crippen LogP contribution in [0.25, 0.3) is 11.3 Å². The average molecular weight is 392 g/mol. The normalized spacial score (nSPS) is 12.4. The van der Waals surface area contributed by atoms with E-state index in [9.17, 15) is 0 Å². The summed E-state index contributed by atoms with van der Waals surface area (Å²) in [5.41, 5.74) is 2.71. The molecule has 150 valence electrons. The van der Waals surface area contributed by atoms with Crippen molar-refractivity contribution in [3.05, 3.63) is 54.6 Å². The van der Waals surface area contributed by atoms with E-state index in [1.165, 1.54) is 0 Å². The number of nitrogens with zero attached hydrogens (tertiary/aromatic N) is 2. The Hall–Kier alpha value is -3.32. The number of anilines is 3. The quantitative estimate of drug-likeness (QED) is 0.559. The first-order chi connectivity index (χ1) is 14.3. The van der Waals surface area contributed by atoms with E-state index in [-0.39, 0.29) is 0 Å². The Balaban J connectivity index is 1.59. The van der Waals surface area contributed by atoms with E-state index >= 15 is 0 Å². The molecule has 4 rings (SSSR count). The lowest BCUT2D eigenvalue weighted by Crippen LogP contribution is -2.15. The number of hydrogen-bond acceptors (Lipinski definition) is 7. The van der Waals surface area contributed by atoms with Crippen molar-refractivity contribution in [3.63, 3.8) is 0 Å². The standard InChI is InChI=1S/C22H24N4O3/c1-27-11-5-10-23-21-15-18(16-6-3-2-4-7-16)25-22(26-21)24-17-8-9-19-20(14-17)29-13-12-28-19/h2-4,6-9,14-15H,5,10-13H2,1H3,(H2,23,24,25,26). The summed E-state index contributed by atoms with van der Waals surface area (Å²) in [5.74, 6) is 2.74. The van der Waals surface area contributed by atoms with Crippen LogP contribution in [0.4, 0.5) is 17.5 Å². The van der Waals surface area contributed by atoms with Crippen LogP contribution in [0.5, 0.6) is 11.5 Å². The van der Waals surface area contributed by atoms with Gasteiger partial charge in [0.1, 0.15) is 19.0 Å². The Morgan fingerprint density at radius 1 is 0.966 bits per heavy atom. The molecule has 0 unspecified atom stereocenters. The first-order valence-electron chi connectivity index (χ1n) is 9.66. The smallest absolute Gasteiger partial charge is 0.229 e. The second-order valence-corrected chi connectivity index (χ2v) is 6.58. The van der Waals surface area contributed by atoms with Crippen molar-refractivity contribution in [2.24, 2.45) is 0 Å². The van der Waals surface area contributed by atoms with Gasteiger partial charge < -0.3 is 24.8 Å². The number of ether oxygens (including phenoxy) is 3. The fourth-order valence-corrected chi connectivity index (χ4v) is 3.03. The molecule has 1 aliphatic heterocycles. The summed E-state index contributed by atoms with van der Waals surface area (Å²) in [6.45, 7) is 2.58. The minimum absolute atomic E-state index is 0.511. The van der Waals surface area contributed by atoms with Gasteiger partial charge in [-0.15, -0.1) is 0 Å². The fraction of sp³-hybridized carbons (Fsp3) is 0.273. The van der Waals surface area contributed by atoms with Crippen LogP contribution in [0.15, 0.2) is 54.6 Å². The molecule has 0 amide bonds. The van der Waals surface area contributed by atoms with E-state index in [1.807, 2.05) is 54.6 Å². The minimum Gasteiger partial charge on any atom is -0.486 e. The van der Waals surface area contributed by atoms with Crippen LogP contribution in [0.1, 0.15) is 6.42 Å². The number of nitrogens with one attached hydrogen (secondary N) is 2. The lowest BCUT2D eigenvalue weighted by atomic mass is 10.1. The SMILES string of the molecule is COCCCNc1cc(-c2ccccc2)nc(Nc2ccc3c(c2)OCCO3)n1. The number of aromatic nitrogens is 2. The van der Waals surface area contributed by atoms with E-state index in [1.54, 1.807) is 7.11 Å². The van der Waals surface area contributed by atoms with Gasteiger partial charge in [0.25, 0.3) is 0 Å². The Morgan fingerprint density at radius 3 is 2.62 bits per heavy atom. The highest BCUT2D eigenvalue weighted by Crippen LogP contribution is 2.33. The highest BCUT2D eigenvalue weighted by molar-refractivity contribution is 5.67. The van der Waals surface area contributed by atoms with Gasteiger partial charge in [0.15, 0.2) is 11.5 Å². The number of benzene rings is 2. The summed E-state index contributed by atoms with van der Waals surface area (Å²) in [5, 5.41) is 6.63. The van der Waals surface area contributed by atoms with Gasteiger partial charge in [-0.1, -0.05) is 30.3 Å². The van der Waals surface area contributed by atoms with Crippen LogP contribution in [-0.4, -0.2) is 43.4 Å². The van der Waals surface area contributed by atoms with Crippen molar-refractivity contribution in [1.29, 1.82) is 0 Å². The summed E-state index contributed by atoms with van der Waals surface area (Å²) in [6.07, 6.45) is 0.895. The molecule has 0 saturated heterocycles. The van der Waals surface area contributed by atoms with E-state index in [0.717, 1.165) is 47.2 Å². The van der Waals surface area contributed by atoms with Crippen LogP contribution < -0.4 is 20.1 Å². The molecular formula is C22H24N4O3. The second-order valence-electron chi connectivity index (χ2n) is 6.58. The van der Waals surface area contributed by atoms with Gasteiger partial charge >= 0.3 is 0 Å². The van der Waals surface area contributed by atoms with Crippen molar-refractivity contribution in [2.75, 3.05) is 44.1 Å². The Bertz CT molecular complexity index is 950. The highest BCUT2D eigenvalue weighted by Gasteiger charge is 2.13. The molecule has 2 heterocycles. The third kappa shape index (κ3) is 4.94. The zero-order valence-corrected chi connectivity index (χ0v) is 16.4. The van der Waals surface area contributed by atoms with E-state index < -0.39 is 0 Å². The number of fused-ring (bicyclic) bond motifs is 1. The van der Waals surface area contributed by atoms with Crippen molar-refractivity contribution < 1.29 is 14.2 Å². The number of methoxy groups -OCH3 is 1. The van der Waals surface area contributed by atoms with Gasteiger partial charge in [0.05, 0.1) is 5.69 Å². The van der Waals surface area contributed by atoms with Gasteiger partial charge in [0, 0.05) is 43.6 Å². The third-order valence-corrected chi connectivity index (χ3v) is 4.43. The Morgan fingerprint density at radius 2 is 1.79 bits per heavy atom. The molecule has 3 aromatic rings. The minimum atomic E-state index is 0.511. The lowest BCUT2D eigenvalue weighted by molar-refractivity contribution is 0.171. The van der Waals surface area contributed by atoms with Crippen molar-refractivity contribution in [2.45, 2.75) is 6.42 Å². The molecule has 0 radical (unpaired) electrons. The molecular weight excluding hydrogens is 368 g/mol. The maximum absolute atomic E-state index is 5.66. The van der Waals surface area contributed by atoms with Crippen LogP contribution in [-0.2, 0) is 4.74 Å². The van der Waals surface area contributed by atoms with Crippen molar-refractivity contribution in [3.8, 4) is 22.8 Å². The maximum Gasteiger partial charge on any atom is 0.229 e. The summed E-state index contributed by atoms with van der Waals surface area (Å²) in [4.78, 5) is 9.31. The molecule has 0 fully saturated rings. The number of rotatable bonds is 8. The van der Waals surface area contributed by atoms with Gasteiger partial charge in [-0.3, -0.25) is 0 Å². The van der Waals surface area contributed by atoms with Gasteiger partial charge in [-0.2, -0.15) is 4.98 Å². The van der Waals surface area contributed by atoms with Crippen molar-refractivity contribution in [1.82, 2.24) is 9.97 Å². The van der Waals surface area contributed by atoms with E-state index in [4.69, 9.17) is 19.2 Å². The van der Waals surface area contributed by atoms with Gasteiger partial charge in [-0.05, 0) is 18.6 Å². The molecule has 0 bridgehead atoms. The predicted octanol–water partition coefficient (Wildman–Crippen LogP) is 4.11. The maximum atomic E-state index is 5.66. The molecule has 7 nitrogen and oxygen atoms in total. The summed E-state index contributed by atoms with van der Waals surface area (Å²) < 4.78 is 16.4. The zero-order chi connectivity index (χ0) is 19.9. The van der Waals surface area contributed by atoms with Gasteiger partial charge in [0.2, 0.25) is 5.95 Å². The van der Waals surface area contributed by atoms with E-state index in [0.29, 0.717) is 25.8 Å². The molecule has 0 aliphatic carbocycles. The molecule has 0 saturated carbocycles. The molecule has 7 heteroatoms. The van der Waals surface area contributed by atoms with Crippen LogP contribution >= 0.6 is 0 Å². The molecule has 29 heavy (non-hydrogen) atoms. The molecule has 2 aromatic carbocycles. The van der Waals surface area contributed by atoms with Gasteiger partial charge in [-0.25, -0.2) is 4.98 Å². The molecule has 0 atom stereocenters. The summed E-state index contributed by atoms with van der Waals surface area (Å²) in [7, 11) is 1.70. The topological polar surface area (TPSA) is 77.5 Å². The molecule has 1 aliphatic rings. The third-order valence-electron chi connectivity index (χ3n) is 4.43. The first kappa shape index (κ1) is 19.0. The molecule has 2 N–H and O–H groups in total. The monoisotopic (exact) mass is 392 g/mol. The first-order valence-corrected chi connectivity index (χ1v) is 9.66. The lowest BCUT2D eigenvalue weighted by Gasteiger charge is -2.19. The Labute approximate surface area is 170 Å². The average Bonchev–Trinajstić information content (AvgIpc) is 2.77. The predicted molar refractivity (Wildman–Crippen MR) is 113 cm³/mol. The van der Waals surface area contributed by atoms with Crippen LogP contribution in [0.2, 0.25) is 0 Å². The number of hydrogen-bond donors (Lipinski definition) is 2. The zero-order valence-electron chi connectivity index (χ0n) is 16.4. The molecule has 1 aromatic heterocycles. The van der Waals surface area contributed by atoms with Crippen LogP contribution in [0, 0.1) is 0 Å². The second kappa shape index (κ2) is 9.25. The van der Waals surface area contributed by atoms with Crippen molar-refractivity contribution >= 4 is 17.5 Å². The summed E-state index contributed by atoms with van der Waals surface area (Å²) in [6, 6.07) is 17.7. The summed E-state index contributed by atoms with van der Waals surface area (Å²) >= 11 is 0.